The van der Waals surface area contributed by atoms with E-state index in [4.69, 9.17) is 10.3 Å². The Morgan fingerprint density at radius 1 is 1.42 bits per heavy atom. The van der Waals surface area contributed by atoms with E-state index >= 15 is 0 Å². The van der Waals surface area contributed by atoms with Crippen molar-refractivity contribution in [1.82, 2.24) is 10.1 Å². The van der Waals surface area contributed by atoms with Crippen LogP contribution in [0, 0.1) is 0 Å². The number of sulfone groups is 1. The Hall–Kier alpha value is -0.950. The number of hydrogen-bond donors (Lipinski definition) is 1. The molecule has 6 nitrogen and oxygen atoms in total. The van der Waals surface area contributed by atoms with Gasteiger partial charge in [-0.05, 0) is 19.3 Å². The van der Waals surface area contributed by atoms with Crippen molar-refractivity contribution in [2.24, 2.45) is 5.73 Å². The second-order valence-corrected chi connectivity index (χ2v) is 8.65. The SMILES string of the molecule is CC(C)(C)c1nc(C2(N)CCCC2S(C)(=O)=O)no1. The molecule has 1 aromatic heterocycles. The molecule has 1 aromatic rings. The molecule has 1 aliphatic rings. The first-order valence-corrected chi connectivity index (χ1v) is 8.33. The van der Waals surface area contributed by atoms with Gasteiger partial charge in [0.1, 0.15) is 0 Å². The largest absolute Gasteiger partial charge is 0.339 e. The first kappa shape index (κ1) is 14.5. The minimum atomic E-state index is -3.23. The van der Waals surface area contributed by atoms with E-state index in [2.05, 4.69) is 10.1 Å². The predicted octanol–water partition coefficient (Wildman–Crippen LogP) is 1.12. The summed E-state index contributed by atoms with van der Waals surface area (Å²) in [7, 11) is -3.23. The summed E-state index contributed by atoms with van der Waals surface area (Å²) in [6, 6.07) is 0. The van der Waals surface area contributed by atoms with E-state index in [1.807, 2.05) is 20.8 Å². The Labute approximate surface area is 113 Å². The van der Waals surface area contributed by atoms with E-state index in [0.29, 0.717) is 24.6 Å². The lowest BCUT2D eigenvalue weighted by atomic mass is 9.95. The van der Waals surface area contributed by atoms with Crippen LogP contribution >= 0.6 is 0 Å². The molecular weight excluding hydrogens is 266 g/mol. The zero-order valence-corrected chi connectivity index (χ0v) is 12.6. The molecule has 0 spiro atoms. The fourth-order valence-corrected chi connectivity index (χ4v) is 4.15. The molecule has 0 aromatic carbocycles. The maximum atomic E-state index is 11.9. The van der Waals surface area contributed by atoms with Crippen LogP contribution in [0.25, 0.3) is 0 Å². The second kappa shape index (κ2) is 4.28. The third-order valence-corrected chi connectivity index (χ3v) is 5.32. The van der Waals surface area contributed by atoms with Crippen molar-refractivity contribution in [3.05, 3.63) is 11.7 Å². The first-order chi connectivity index (χ1) is 8.55. The van der Waals surface area contributed by atoms with E-state index in [0.717, 1.165) is 6.42 Å². The van der Waals surface area contributed by atoms with Crippen molar-refractivity contribution >= 4 is 9.84 Å². The fourth-order valence-electron chi connectivity index (χ4n) is 2.57. The summed E-state index contributed by atoms with van der Waals surface area (Å²) in [5, 5.41) is 3.29. The van der Waals surface area contributed by atoms with Gasteiger partial charge in [0, 0.05) is 11.7 Å². The lowest BCUT2D eigenvalue weighted by Gasteiger charge is -2.26. The van der Waals surface area contributed by atoms with Crippen molar-refractivity contribution in [2.75, 3.05) is 6.26 Å². The Bertz CT molecular complexity index is 573. The third kappa shape index (κ3) is 2.53. The molecule has 0 saturated heterocycles. The molecule has 1 fully saturated rings. The molecule has 0 bridgehead atoms. The first-order valence-electron chi connectivity index (χ1n) is 6.37. The van der Waals surface area contributed by atoms with Gasteiger partial charge in [-0.15, -0.1) is 0 Å². The molecule has 108 valence electrons. The molecule has 2 N–H and O–H groups in total. The van der Waals surface area contributed by atoms with Crippen LogP contribution in [0.2, 0.25) is 0 Å². The van der Waals surface area contributed by atoms with Crippen LogP contribution < -0.4 is 5.73 Å². The number of hydrogen-bond acceptors (Lipinski definition) is 6. The minimum Gasteiger partial charge on any atom is -0.339 e. The molecule has 2 atom stereocenters. The molecule has 2 unspecified atom stereocenters. The quantitative estimate of drug-likeness (QED) is 0.875. The summed E-state index contributed by atoms with van der Waals surface area (Å²) in [4.78, 5) is 4.33. The molecule has 19 heavy (non-hydrogen) atoms. The van der Waals surface area contributed by atoms with Crippen molar-refractivity contribution in [1.29, 1.82) is 0 Å². The molecule has 7 heteroatoms. The van der Waals surface area contributed by atoms with Crippen LogP contribution in [0.1, 0.15) is 51.7 Å². The second-order valence-electron chi connectivity index (χ2n) is 6.42. The Balaban J connectivity index is 2.42. The number of nitrogens with zero attached hydrogens (tertiary/aromatic N) is 2. The van der Waals surface area contributed by atoms with Gasteiger partial charge >= 0.3 is 0 Å². The van der Waals surface area contributed by atoms with Crippen molar-refractivity contribution in [2.45, 2.75) is 56.2 Å². The zero-order valence-electron chi connectivity index (χ0n) is 11.8. The van der Waals surface area contributed by atoms with Gasteiger partial charge < -0.3 is 10.3 Å². The highest BCUT2D eigenvalue weighted by atomic mass is 32.2. The van der Waals surface area contributed by atoms with Gasteiger partial charge in [0.05, 0.1) is 10.8 Å². The van der Waals surface area contributed by atoms with E-state index in [1.165, 1.54) is 6.26 Å². The molecule has 0 radical (unpaired) electrons. The van der Waals surface area contributed by atoms with Gasteiger partial charge in [0.15, 0.2) is 15.7 Å². The van der Waals surface area contributed by atoms with Gasteiger partial charge in [0.25, 0.3) is 0 Å². The normalized spacial score (nSPS) is 28.8. The number of nitrogens with two attached hydrogens (primary N) is 1. The minimum absolute atomic E-state index is 0.277. The van der Waals surface area contributed by atoms with Crippen molar-refractivity contribution < 1.29 is 12.9 Å². The van der Waals surface area contributed by atoms with Crippen LogP contribution in [0.5, 0.6) is 0 Å². The fraction of sp³-hybridized carbons (Fsp3) is 0.833. The average molecular weight is 287 g/mol. The monoisotopic (exact) mass is 287 g/mol. The smallest absolute Gasteiger partial charge is 0.232 e. The average Bonchev–Trinajstić information content (AvgIpc) is 2.80. The van der Waals surface area contributed by atoms with Crippen LogP contribution in [0.15, 0.2) is 4.52 Å². The maximum absolute atomic E-state index is 11.9. The lowest BCUT2D eigenvalue weighted by Crippen LogP contribution is -2.48. The van der Waals surface area contributed by atoms with Gasteiger partial charge in [-0.25, -0.2) is 8.42 Å². The predicted molar refractivity (Wildman–Crippen MR) is 71.3 cm³/mol. The summed E-state index contributed by atoms with van der Waals surface area (Å²) in [5.74, 6) is 0.789. The Morgan fingerprint density at radius 3 is 2.53 bits per heavy atom. The number of rotatable bonds is 2. The maximum Gasteiger partial charge on any atom is 0.232 e. The van der Waals surface area contributed by atoms with Crippen molar-refractivity contribution in [3.8, 4) is 0 Å². The van der Waals surface area contributed by atoms with Gasteiger partial charge in [-0.1, -0.05) is 25.9 Å². The zero-order chi connectivity index (χ0) is 14.5. The summed E-state index contributed by atoms with van der Waals surface area (Å²) in [6.07, 6.45) is 3.09. The molecule has 1 saturated carbocycles. The molecule has 0 amide bonds. The summed E-state index contributed by atoms with van der Waals surface area (Å²) in [5.41, 5.74) is 5.00. The van der Waals surface area contributed by atoms with E-state index in [9.17, 15) is 8.42 Å². The van der Waals surface area contributed by atoms with Crippen molar-refractivity contribution in [3.63, 3.8) is 0 Å². The molecule has 2 rings (SSSR count). The van der Waals surface area contributed by atoms with Crippen LogP contribution in [0.4, 0.5) is 0 Å². The van der Waals surface area contributed by atoms with E-state index < -0.39 is 20.6 Å². The van der Waals surface area contributed by atoms with Gasteiger partial charge in [-0.2, -0.15) is 4.98 Å². The summed E-state index contributed by atoms with van der Waals surface area (Å²) < 4.78 is 29.0. The highest BCUT2D eigenvalue weighted by Gasteiger charge is 2.50. The highest BCUT2D eigenvalue weighted by molar-refractivity contribution is 7.91. The van der Waals surface area contributed by atoms with Crippen LogP contribution in [-0.4, -0.2) is 30.1 Å². The Morgan fingerprint density at radius 2 is 2.05 bits per heavy atom. The summed E-state index contributed by atoms with van der Waals surface area (Å²) in [6.45, 7) is 5.86. The lowest BCUT2D eigenvalue weighted by molar-refractivity contribution is 0.310. The van der Waals surface area contributed by atoms with E-state index in [1.54, 1.807) is 0 Å². The van der Waals surface area contributed by atoms with Crippen LogP contribution in [0.3, 0.4) is 0 Å². The van der Waals surface area contributed by atoms with Crippen LogP contribution in [-0.2, 0) is 20.8 Å². The molecule has 0 aliphatic heterocycles. The molecular formula is C12H21N3O3S. The third-order valence-electron chi connectivity index (χ3n) is 3.63. The van der Waals surface area contributed by atoms with Gasteiger partial charge in [0.2, 0.25) is 5.89 Å². The number of aromatic nitrogens is 2. The molecule has 1 aliphatic carbocycles. The highest BCUT2D eigenvalue weighted by Crippen LogP contribution is 2.39. The van der Waals surface area contributed by atoms with Gasteiger partial charge in [-0.3, -0.25) is 0 Å². The topological polar surface area (TPSA) is 99.1 Å². The van der Waals surface area contributed by atoms with E-state index in [-0.39, 0.29) is 5.41 Å². The summed E-state index contributed by atoms with van der Waals surface area (Å²) >= 11 is 0. The standard InChI is InChI=1S/C12H21N3O3S/c1-11(2,3)10-14-9(15-18-10)12(13)7-5-6-8(12)19(4,16)17/h8H,5-7,13H2,1-4H3. The Kier molecular flexibility index (Phi) is 3.25. The molecule has 1 heterocycles.